The molecular formula is C17H24O2. The van der Waals surface area contributed by atoms with Gasteiger partial charge in [0.25, 0.3) is 0 Å². The van der Waals surface area contributed by atoms with Gasteiger partial charge < -0.3 is 5.11 Å². The van der Waals surface area contributed by atoms with Crippen molar-refractivity contribution in [3.8, 4) is 0 Å². The summed E-state index contributed by atoms with van der Waals surface area (Å²) in [6, 6.07) is 6.39. The van der Waals surface area contributed by atoms with E-state index in [9.17, 15) is 9.90 Å². The zero-order chi connectivity index (χ0) is 14.2. The van der Waals surface area contributed by atoms with Crippen molar-refractivity contribution in [1.29, 1.82) is 0 Å². The first-order valence-electron chi connectivity index (χ1n) is 7.10. The van der Waals surface area contributed by atoms with Crippen LogP contribution in [0.5, 0.6) is 0 Å². The molecule has 0 aliphatic heterocycles. The molecule has 2 heteroatoms. The normalized spacial score (nSPS) is 26.1. The van der Waals surface area contributed by atoms with Crippen molar-refractivity contribution in [2.75, 3.05) is 0 Å². The van der Waals surface area contributed by atoms with Crippen molar-refractivity contribution >= 4 is 5.97 Å². The number of benzene rings is 1. The molecule has 2 unspecified atom stereocenters. The minimum atomic E-state index is -0.638. The van der Waals surface area contributed by atoms with Crippen LogP contribution in [0.1, 0.15) is 55.7 Å². The number of aliphatic carboxylic acids is 1. The van der Waals surface area contributed by atoms with Crippen molar-refractivity contribution in [2.24, 2.45) is 11.3 Å². The Hall–Kier alpha value is -1.31. The lowest BCUT2D eigenvalue weighted by molar-refractivity contribution is -0.144. The summed E-state index contributed by atoms with van der Waals surface area (Å²) in [6.07, 6.45) is 2.76. The number of carboxylic acids is 1. The Morgan fingerprint density at radius 3 is 2.58 bits per heavy atom. The summed E-state index contributed by atoms with van der Waals surface area (Å²) in [5, 5.41) is 9.49. The highest BCUT2D eigenvalue weighted by atomic mass is 16.4. The van der Waals surface area contributed by atoms with E-state index < -0.39 is 5.97 Å². The SMILES string of the molecule is Cc1ccc(C2CC(C)(C)CCC2C(=O)O)c(C)c1. The van der Waals surface area contributed by atoms with Gasteiger partial charge in [0, 0.05) is 0 Å². The van der Waals surface area contributed by atoms with Crippen molar-refractivity contribution in [3.63, 3.8) is 0 Å². The van der Waals surface area contributed by atoms with Gasteiger partial charge in [-0.15, -0.1) is 0 Å². The summed E-state index contributed by atoms with van der Waals surface area (Å²) in [5.41, 5.74) is 3.94. The largest absolute Gasteiger partial charge is 0.481 e. The Bertz CT molecular complexity index is 488. The fraction of sp³-hybridized carbons (Fsp3) is 0.588. The molecule has 1 fully saturated rings. The third kappa shape index (κ3) is 2.99. The molecule has 1 N–H and O–H groups in total. The van der Waals surface area contributed by atoms with E-state index >= 15 is 0 Å². The summed E-state index contributed by atoms with van der Waals surface area (Å²) in [4.78, 5) is 11.5. The second kappa shape index (κ2) is 4.99. The average Bonchev–Trinajstić information content (AvgIpc) is 2.27. The Balaban J connectivity index is 2.39. The summed E-state index contributed by atoms with van der Waals surface area (Å²) < 4.78 is 0. The van der Waals surface area contributed by atoms with Crippen LogP contribution < -0.4 is 0 Å². The van der Waals surface area contributed by atoms with Gasteiger partial charge in [0.2, 0.25) is 0 Å². The highest BCUT2D eigenvalue weighted by Crippen LogP contribution is 2.47. The minimum absolute atomic E-state index is 0.154. The lowest BCUT2D eigenvalue weighted by Gasteiger charge is -2.39. The van der Waals surface area contributed by atoms with Crippen molar-refractivity contribution in [2.45, 2.75) is 52.9 Å². The minimum Gasteiger partial charge on any atom is -0.481 e. The van der Waals surface area contributed by atoms with Crippen molar-refractivity contribution in [1.82, 2.24) is 0 Å². The van der Waals surface area contributed by atoms with Crippen LogP contribution in [0, 0.1) is 25.2 Å². The van der Waals surface area contributed by atoms with E-state index in [1.54, 1.807) is 0 Å². The first-order chi connectivity index (χ1) is 8.80. The highest BCUT2D eigenvalue weighted by Gasteiger charge is 2.39. The van der Waals surface area contributed by atoms with Gasteiger partial charge in [0.1, 0.15) is 0 Å². The van der Waals surface area contributed by atoms with E-state index in [1.807, 2.05) is 0 Å². The summed E-state index contributed by atoms with van der Waals surface area (Å²) in [7, 11) is 0. The van der Waals surface area contributed by atoms with Gasteiger partial charge in [-0.25, -0.2) is 0 Å². The molecule has 1 aliphatic carbocycles. The van der Waals surface area contributed by atoms with E-state index in [0.29, 0.717) is 0 Å². The van der Waals surface area contributed by atoms with Gasteiger partial charge in [-0.1, -0.05) is 37.6 Å². The van der Waals surface area contributed by atoms with Gasteiger partial charge in [-0.2, -0.15) is 0 Å². The molecule has 104 valence electrons. The van der Waals surface area contributed by atoms with E-state index in [4.69, 9.17) is 0 Å². The standard InChI is InChI=1S/C17H24O2/c1-11-5-6-13(12(2)9-11)15-10-17(3,4)8-7-14(15)16(18)19/h5-6,9,14-15H,7-8,10H2,1-4H3,(H,18,19). The maximum Gasteiger partial charge on any atom is 0.307 e. The zero-order valence-corrected chi connectivity index (χ0v) is 12.4. The first kappa shape index (κ1) is 14.1. The van der Waals surface area contributed by atoms with E-state index in [-0.39, 0.29) is 17.3 Å². The van der Waals surface area contributed by atoms with Crippen LogP contribution in [-0.2, 0) is 4.79 Å². The fourth-order valence-electron chi connectivity index (χ4n) is 3.45. The number of hydrogen-bond acceptors (Lipinski definition) is 1. The Kier molecular flexibility index (Phi) is 3.71. The maximum atomic E-state index is 11.5. The van der Waals surface area contributed by atoms with Crippen molar-refractivity contribution < 1.29 is 9.90 Å². The first-order valence-corrected chi connectivity index (χ1v) is 7.10. The van der Waals surface area contributed by atoms with E-state index in [1.165, 1.54) is 16.7 Å². The van der Waals surface area contributed by atoms with Gasteiger partial charge in [-0.3, -0.25) is 4.79 Å². The molecule has 0 spiro atoms. The predicted octanol–water partition coefficient (Wildman–Crippen LogP) is 4.30. The molecule has 1 aliphatic rings. The second-order valence-electron chi connectivity index (χ2n) is 6.82. The van der Waals surface area contributed by atoms with Gasteiger partial charge in [0.05, 0.1) is 5.92 Å². The lowest BCUT2D eigenvalue weighted by atomic mass is 9.64. The monoisotopic (exact) mass is 260 g/mol. The van der Waals surface area contributed by atoms with Gasteiger partial charge >= 0.3 is 5.97 Å². The molecule has 1 saturated carbocycles. The molecule has 19 heavy (non-hydrogen) atoms. The lowest BCUT2D eigenvalue weighted by Crippen LogP contribution is -2.33. The van der Waals surface area contributed by atoms with Crippen LogP contribution in [-0.4, -0.2) is 11.1 Å². The second-order valence-corrected chi connectivity index (χ2v) is 6.82. The van der Waals surface area contributed by atoms with Crippen LogP contribution >= 0.6 is 0 Å². The summed E-state index contributed by atoms with van der Waals surface area (Å²) in [6.45, 7) is 8.68. The fourth-order valence-corrected chi connectivity index (χ4v) is 3.45. The molecule has 0 bridgehead atoms. The predicted molar refractivity (Wildman–Crippen MR) is 77.4 cm³/mol. The van der Waals surface area contributed by atoms with Crippen LogP contribution in [0.15, 0.2) is 18.2 Å². The van der Waals surface area contributed by atoms with Crippen LogP contribution in [0.4, 0.5) is 0 Å². The maximum absolute atomic E-state index is 11.5. The van der Waals surface area contributed by atoms with E-state index in [0.717, 1.165) is 19.3 Å². The van der Waals surface area contributed by atoms with Crippen LogP contribution in [0.25, 0.3) is 0 Å². The number of carboxylic acid groups (broad SMARTS) is 1. The molecule has 0 radical (unpaired) electrons. The molecule has 0 saturated heterocycles. The van der Waals surface area contributed by atoms with Crippen molar-refractivity contribution in [3.05, 3.63) is 34.9 Å². The van der Waals surface area contributed by atoms with Gasteiger partial charge in [-0.05, 0) is 55.6 Å². The number of carbonyl (C=O) groups is 1. The molecule has 2 atom stereocenters. The molecule has 0 heterocycles. The Morgan fingerprint density at radius 1 is 1.32 bits per heavy atom. The number of aryl methyl sites for hydroxylation is 2. The average molecular weight is 260 g/mol. The smallest absolute Gasteiger partial charge is 0.307 e. The highest BCUT2D eigenvalue weighted by molar-refractivity contribution is 5.71. The molecule has 1 aromatic carbocycles. The third-order valence-electron chi connectivity index (χ3n) is 4.53. The Morgan fingerprint density at radius 2 is 2.00 bits per heavy atom. The molecule has 1 aromatic rings. The molecule has 2 rings (SSSR count). The quantitative estimate of drug-likeness (QED) is 0.861. The van der Waals surface area contributed by atoms with E-state index in [2.05, 4.69) is 45.9 Å². The number of rotatable bonds is 2. The topological polar surface area (TPSA) is 37.3 Å². The molecular weight excluding hydrogens is 236 g/mol. The summed E-state index contributed by atoms with van der Waals surface area (Å²) in [5.74, 6) is -0.711. The molecule has 2 nitrogen and oxygen atoms in total. The summed E-state index contributed by atoms with van der Waals surface area (Å²) >= 11 is 0. The van der Waals surface area contributed by atoms with Gasteiger partial charge in [0.15, 0.2) is 0 Å². The zero-order valence-electron chi connectivity index (χ0n) is 12.4. The van der Waals surface area contributed by atoms with Crippen LogP contribution in [0.2, 0.25) is 0 Å². The van der Waals surface area contributed by atoms with Crippen LogP contribution in [0.3, 0.4) is 0 Å². The molecule has 0 amide bonds. The Labute approximate surface area is 115 Å². The number of hydrogen-bond donors (Lipinski definition) is 1. The third-order valence-corrected chi connectivity index (χ3v) is 4.53. The molecule has 0 aromatic heterocycles.